The van der Waals surface area contributed by atoms with Crippen molar-refractivity contribution in [3.63, 3.8) is 0 Å². The van der Waals surface area contributed by atoms with Gasteiger partial charge < -0.3 is 9.84 Å². The van der Waals surface area contributed by atoms with Crippen molar-refractivity contribution in [2.24, 2.45) is 0 Å². The van der Waals surface area contributed by atoms with Crippen LogP contribution in [0.2, 0.25) is 15.1 Å². The zero-order valence-corrected chi connectivity index (χ0v) is 16.1. The number of benzene rings is 2. The van der Waals surface area contributed by atoms with Crippen molar-refractivity contribution in [1.29, 1.82) is 0 Å². The number of aliphatic carboxylic acids is 1. The van der Waals surface area contributed by atoms with Crippen LogP contribution in [0.4, 0.5) is 10.1 Å². The maximum atomic E-state index is 13.4. The first kappa shape index (κ1) is 20.6. The molecule has 0 bridgehead atoms. The number of carboxylic acid groups (broad SMARTS) is 1. The summed E-state index contributed by atoms with van der Waals surface area (Å²) >= 11 is 17.7. The van der Waals surface area contributed by atoms with E-state index >= 15 is 0 Å². The van der Waals surface area contributed by atoms with Crippen LogP contribution in [-0.2, 0) is 14.8 Å². The van der Waals surface area contributed by atoms with E-state index in [1.807, 2.05) is 0 Å². The molecular weight excluding hydrogens is 432 g/mol. The van der Waals surface area contributed by atoms with Gasteiger partial charge in [-0.3, -0.25) is 9.10 Å². The van der Waals surface area contributed by atoms with Crippen LogP contribution in [0.25, 0.3) is 0 Å². The van der Waals surface area contributed by atoms with Crippen molar-refractivity contribution in [2.45, 2.75) is 4.90 Å². The van der Waals surface area contributed by atoms with Crippen LogP contribution in [0.5, 0.6) is 5.75 Å². The number of hydrogen-bond acceptors (Lipinski definition) is 4. The van der Waals surface area contributed by atoms with Gasteiger partial charge in [0.2, 0.25) is 0 Å². The van der Waals surface area contributed by atoms with E-state index in [0.717, 1.165) is 24.3 Å². The predicted molar refractivity (Wildman–Crippen MR) is 96.6 cm³/mol. The van der Waals surface area contributed by atoms with Crippen molar-refractivity contribution >= 4 is 56.5 Å². The van der Waals surface area contributed by atoms with E-state index < -0.39 is 33.3 Å². The lowest BCUT2D eigenvalue weighted by molar-refractivity contribution is -0.135. The van der Waals surface area contributed by atoms with Gasteiger partial charge in [0.15, 0.2) is 0 Å². The highest BCUT2D eigenvalue weighted by Gasteiger charge is 2.31. The van der Waals surface area contributed by atoms with E-state index in [1.165, 1.54) is 13.2 Å². The number of halogens is 4. The average molecular weight is 443 g/mol. The number of hydrogen-bond donors (Lipinski definition) is 1. The smallest absolute Gasteiger partial charge is 0.324 e. The standard InChI is InChI=1S/C15H11Cl3FNO5S/c1-25-11-4-5-12(15(18)14(11)17)26(23,24)20(7-13(21)22)8-2-3-10(19)9(16)6-8/h2-6H,7H2,1H3,(H,21,22). The lowest BCUT2D eigenvalue weighted by Gasteiger charge is -2.24. The maximum Gasteiger partial charge on any atom is 0.324 e. The predicted octanol–water partition coefficient (Wildman–Crippen LogP) is 4.07. The van der Waals surface area contributed by atoms with Crippen molar-refractivity contribution in [2.75, 3.05) is 18.0 Å². The van der Waals surface area contributed by atoms with Crippen molar-refractivity contribution in [1.82, 2.24) is 0 Å². The van der Waals surface area contributed by atoms with Gasteiger partial charge in [0, 0.05) is 0 Å². The molecule has 0 saturated heterocycles. The monoisotopic (exact) mass is 441 g/mol. The van der Waals surface area contributed by atoms with Crippen LogP contribution in [-0.4, -0.2) is 33.1 Å². The molecular formula is C15H11Cl3FNO5S. The molecule has 6 nitrogen and oxygen atoms in total. The lowest BCUT2D eigenvalue weighted by atomic mass is 10.3. The summed E-state index contributed by atoms with van der Waals surface area (Å²) < 4.78 is 44.8. The zero-order chi connectivity index (χ0) is 19.6. The molecule has 11 heteroatoms. The Kier molecular flexibility index (Phi) is 6.23. The number of anilines is 1. The molecule has 26 heavy (non-hydrogen) atoms. The van der Waals surface area contributed by atoms with E-state index in [1.54, 1.807) is 0 Å². The minimum atomic E-state index is -4.46. The number of carbonyl (C=O) groups is 1. The largest absolute Gasteiger partial charge is 0.495 e. The molecule has 0 amide bonds. The highest BCUT2D eigenvalue weighted by atomic mass is 35.5. The Bertz CT molecular complexity index is 968. The van der Waals surface area contributed by atoms with Crippen LogP contribution in [0.15, 0.2) is 35.2 Å². The quantitative estimate of drug-likeness (QED) is 0.729. The second-order valence-corrected chi connectivity index (χ2v) is 7.89. The Labute approximate surface area is 163 Å². The number of sulfonamides is 1. The first-order valence-electron chi connectivity index (χ1n) is 6.81. The molecule has 0 spiro atoms. The molecule has 0 radical (unpaired) electrons. The van der Waals surface area contributed by atoms with Crippen LogP contribution in [0.3, 0.4) is 0 Å². The van der Waals surface area contributed by atoms with Crippen molar-refractivity contribution < 1.29 is 27.4 Å². The second-order valence-electron chi connectivity index (χ2n) is 4.90. The minimum absolute atomic E-state index is 0.144. The zero-order valence-electron chi connectivity index (χ0n) is 13.0. The molecule has 2 aromatic rings. The molecule has 0 fully saturated rings. The highest BCUT2D eigenvalue weighted by Crippen LogP contribution is 2.38. The summed E-state index contributed by atoms with van der Waals surface area (Å²) in [4.78, 5) is 10.7. The summed E-state index contributed by atoms with van der Waals surface area (Å²) in [5.41, 5.74) is -0.151. The van der Waals surface area contributed by atoms with Gasteiger partial charge in [-0.1, -0.05) is 34.8 Å². The molecule has 2 rings (SSSR count). The Morgan fingerprint density at radius 1 is 1.19 bits per heavy atom. The summed E-state index contributed by atoms with van der Waals surface area (Å²) in [5.74, 6) is -2.08. The Morgan fingerprint density at radius 3 is 2.38 bits per heavy atom. The number of methoxy groups -OCH3 is 1. The summed E-state index contributed by atoms with van der Waals surface area (Å²) in [6.07, 6.45) is 0. The van der Waals surface area contributed by atoms with Crippen LogP contribution in [0.1, 0.15) is 0 Å². The molecule has 140 valence electrons. The van der Waals surface area contributed by atoms with Gasteiger partial charge in [0.05, 0.1) is 22.8 Å². The SMILES string of the molecule is COc1ccc(S(=O)(=O)N(CC(=O)O)c2ccc(F)c(Cl)c2)c(Cl)c1Cl. The number of nitrogens with zero attached hydrogens (tertiary/aromatic N) is 1. The van der Waals surface area contributed by atoms with Gasteiger partial charge in [-0.05, 0) is 30.3 Å². The molecule has 0 unspecified atom stereocenters. The fraction of sp³-hybridized carbons (Fsp3) is 0.133. The van der Waals surface area contributed by atoms with Gasteiger partial charge in [-0.2, -0.15) is 0 Å². The molecule has 0 aliphatic carbocycles. The summed E-state index contributed by atoms with van der Waals surface area (Å²) in [7, 11) is -3.14. The number of rotatable bonds is 6. The molecule has 2 aromatic carbocycles. The molecule has 0 saturated carbocycles. The Hall–Kier alpha value is -1.74. The van der Waals surface area contributed by atoms with E-state index in [4.69, 9.17) is 44.6 Å². The van der Waals surface area contributed by atoms with Gasteiger partial charge in [-0.15, -0.1) is 0 Å². The third-order valence-corrected chi connectivity index (χ3v) is 6.35. The lowest BCUT2D eigenvalue weighted by Crippen LogP contribution is -2.36. The third-order valence-electron chi connectivity index (χ3n) is 3.27. The molecule has 0 heterocycles. The summed E-state index contributed by atoms with van der Waals surface area (Å²) in [5, 5.41) is 8.24. The summed E-state index contributed by atoms with van der Waals surface area (Å²) in [6.45, 7) is -0.940. The maximum absolute atomic E-state index is 13.4. The molecule has 1 N–H and O–H groups in total. The fourth-order valence-corrected chi connectivity index (χ4v) is 4.47. The summed E-state index contributed by atoms with van der Waals surface area (Å²) in [6, 6.07) is 5.40. The van der Waals surface area contributed by atoms with Crippen LogP contribution < -0.4 is 9.04 Å². The Balaban J connectivity index is 2.65. The van der Waals surface area contributed by atoms with Gasteiger partial charge in [-0.25, -0.2) is 12.8 Å². The van der Waals surface area contributed by atoms with Crippen molar-refractivity contribution in [3.05, 3.63) is 51.2 Å². The number of ether oxygens (including phenoxy) is 1. The van der Waals surface area contributed by atoms with Crippen LogP contribution in [0, 0.1) is 5.82 Å². The second kappa shape index (κ2) is 7.87. The molecule has 0 aliphatic rings. The van der Waals surface area contributed by atoms with Gasteiger partial charge in [0.1, 0.15) is 28.0 Å². The normalized spacial score (nSPS) is 11.3. The fourth-order valence-electron chi connectivity index (χ4n) is 2.07. The van der Waals surface area contributed by atoms with Gasteiger partial charge >= 0.3 is 5.97 Å². The van der Waals surface area contributed by atoms with E-state index in [0.29, 0.717) is 4.31 Å². The number of carboxylic acids is 1. The third kappa shape index (κ3) is 3.98. The molecule has 0 aromatic heterocycles. The van der Waals surface area contributed by atoms with Crippen LogP contribution >= 0.6 is 34.8 Å². The van der Waals surface area contributed by atoms with E-state index in [-0.39, 0.29) is 26.5 Å². The van der Waals surface area contributed by atoms with Gasteiger partial charge in [0.25, 0.3) is 10.0 Å². The minimum Gasteiger partial charge on any atom is -0.495 e. The van der Waals surface area contributed by atoms with E-state index in [2.05, 4.69) is 0 Å². The average Bonchev–Trinajstić information content (AvgIpc) is 2.57. The molecule has 0 aliphatic heterocycles. The van der Waals surface area contributed by atoms with Crippen molar-refractivity contribution in [3.8, 4) is 5.75 Å². The first-order valence-corrected chi connectivity index (χ1v) is 9.38. The Morgan fingerprint density at radius 2 is 1.85 bits per heavy atom. The molecule has 0 atom stereocenters. The topological polar surface area (TPSA) is 83.9 Å². The van der Waals surface area contributed by atoms with E-state index in [9.17, 15) is 17.6 Å². The highest BCUT2D eigenvalue weighted by molar-refractivity contribution is 7.93. The first-order chi connectivity index (χ1) is 12.1.